The van der Waals surface area contributed by atoms with Gasteiger partial charge in [0, 0.05) is 24.9 Å². The van der Waals surface area contributed by atoms with Crippen LogP contribution in [-0.4, -0.2) is 38.0 Å². The van der Waals surface area contributed by atoms with Gasteiger partial charge >= 0.3 is 0 Å². The third kappa shape index (κ3) is 7.15. The molecule has 0 spiro atoms. The van der Waals surface area contributed by atoms with Gasteiger partial charge in [-0.1, -0.05) is 40.5 Å². The van der Waals surface area contributed by atoms with Crippen LogP contribution in [0.2, 0.25) is 0 Å². The Balaban J connectivity index is 4.24. The average molecular weight is 292 g/mol. The Labute approximate surface area is 122 Å². The first-order valence-corrected chi connectivity index (χ1v) is 7.13. The highest BCUT2D eigenvalue weighted by atomic mass is 32.1. The normalized spacial score (nSPS) is 15.1. The number of ether oxygens (including phenoxy) is 2. The zero-order chi connectivity index (χ0) is 14.9. The Hall–Kier alpha value is -0.300. The highest BCUT2D eigenvalue weighted by Gasteiger charge is 2.39. The van der Waals surface area contributed by atoms with E-state index in [0.29, 0.717) is 32.7 Å². The minimum atomic E-state index is -0.700. The summed E-state index contributed by atoms with van der Waals surface area (Å²) in [5.74, 6) is -0.671. The third-order valence-corrected chi connectivity index (χ3v) is 3.30. The van der Waals surface area contributed by atoms with Gasteiger partial charge in [0.25, 0.3) is 0 Å². The molecule has 2 N–H and O–H groups in total. The molecule has 0 radical (unpaired) electrons. The lowest BCUT2D eigenvalue weighted by Crippen LogP contribution is -2.47. The Bertz CT molecular complexity index is 269. The largest absolute Gasteiger partial charge is 0.354 e. The molecule has 0 aromatic carbocycles. The predicted octanol–water partition coefficient (Wildman–Crippen LogP) is 1.74. The Kier molecular flexibility index (Phi) is 8.65. The number of nitrogens with one attached hydrogen (secondary N) is 2. The molecule has 0 fully saturated rings. The van der Waals surface area contributed by atoms with Gasteiger partial charge in [-0.25, -0.2) is 0 Å². The summed E-state index contributed by atoms with van der Waals surface area (Å²) >= 11 is 3.92. The summed E-state index contributed by atoms with van der Waals surface area (Å²) in [5.41, 5.74) is -0.168. The molecule has 5 nitrogen and oxygen atoms in total. The van der Waals surface area contributed by atoms with Gasteiger partial charge in [0.1, 0.15) is 0 Å². The second-order valence-corrected chi connectivity index (χ2v) is 5.82. The third-order valence-electron chi connectivity index (χ3n) is 3.08. The van der Waals surface area contributed by atoms with Crippen LogP contribution >= 0.6 is 12.8 Å². The molecule has 1 amide bonds. The van der Waals surface area contributed by atoms with E-state index in [2.05, 4.69) is 43.6 Å². The molecule has 0 aliphatic heterocycles. The molecule has 114 valence electrons. The maximum absolute atomic E-state index is 11.1. The molecule has 0 rings (SSSR count). The second-order valence-electron chi connectivity index (χ2n) is 5.50. The lowest BCUT2D eigenvalue weighted by atomic mass is 9.86. The molecule has 0 saturated heterocycles. The first-order valence-electron chi connectivity index (χ1n) is 6.68. The van der Waals surface area contributed by atoms with Gasteiger partial charge in [-0.3, -0.25) is 9.52 Å². The minimum Gasteiger partial charge on any atom is -0.354 e. The van der Waals surface area contributed by atoms with Crippen LogP contribution in [0.15, 0.2) is 0 Å². The standard InChI is InChI=1S/C13H28N2O3S/c1-6-11(16)14-7-9-17-13(5,12(2,3)4)18-10-8-15-19/h15,19H,6-10H2,1-5H3,(H,14,16). The summed E-state index contributed by atoms with van der Waals surface area (Å²) < 4.78 is 14.4. The van der Waals surface area contributed by atoms with E-state index in [9.17, 15) is 4.79 Å². The molecule has 0 aliphatic rings. The van der Waals surface area contributed by atoms with Crippen LogP contribution in [0.5, 0.6) is 0 Å². The lowest BCUT2D eigenvalue weighted by molar-refractivity contribution is -0.275. The quantitative estimate of drug-likeness (QED) is 0.344. The van der Waals surface area contributed by atoms with Gasteiger partial charge in [0.05, 0.1) is 13.2 Å². The number of hydrogen-bond donors (Lipinski definition) is 3. The van der Waals surface area contributed by atoms with Crippen molar-refractivity contribution in [2.75, 3.05) is 26.3 Å². The van der Waals surface area contributed by atoms with E-state index in [-0.39, 0.29) is 11.3 Å². The molecule has 19 heavy (non-hydrogen) atoms. The highest BCUT2D eigenvalue weighted by molar-refractivity contribution is 7.78. The fourth-order valence-corrected chi connectivity index (χ4v) is 1.42. The molecular formula is C13H28N2O3S. The molecule has 0 aromatic heterocycles. The number of rotatable bonds is 9. The maximum Gasteiger partial charge on any atom is 0.219 e. The molecule has 0 heterocycles. The van der Waals surface area contributed by atoms with Crippen molar-refractivity contribution in [2.24, 2.45) is 5.41 Å². The van der Waals surface area contributed by atoms with Crippen LogP contribution in [0.25, 0.3) is 0 Å². The van der Waals surface area contributed by atoms with Gasteiger partial charge in [-0.05, 0) is 6.92 Å². The Morgan fingerprint density at radius 2 is 1.63 bits per heavy atom. The van der Waals surface area contributed by atoms with Crippen molar-refractivity contribution in [2.45, 2.75) is 46.8 Å². The number of hydrogen-bond acceptors (Lipinski definition) is 5. The summed E-state index contributed by atoms with van der Waals surface area (Å²) in [5, 5.41) is 2.78. The van der Waals surface area contributed by atoms with Crippen molar-refractivity contribution in [1.29, 1.82) is 0 Å². The SMILES string of the molecule is CCC(=O)NCCOC(C)(OCCNS)C(C)(C)C. The van der Waals surface area contributed by atoms with Crippen LogP contribution in [0.4, 0.5) is 0 Å². The van der Waals surface area contributed by atoms with Crippen LogP contribution < -0.4 is 10.0 Å². The minimum absolute atomic E-state index is 0.0289. The number of amides is 1. The summed E-state index contributed by atoms with van der Waals surface area (Å²) in [7, 11) is 0. The van der Waals surface area contributed by atoms with Gasteiger partial charge in [0.15, 0.2) is 5.79 Å². The summed E-state index contributed by atoms with van der Waals surface area (Å²) in [6, 6.07) is 0. The molecule has 0 bridgehead atoms. The molecular weight excluding hydrogens is 264 g/mol. The van der Waals surface area contributed by atoms with Gasteiger partial charge < -0.3 is 14.8 Å². The van der Waals surface area contributed by atoms with Crippen LogP contribution in [0.3, 0.4) is 0 Å². The molecule has 1 unspecified atom stereocenters. The highest BCUT2D eigenvalue weighted by Crippen LogP contribution is 2.34. The van der Waals surface area contributed by atoms with Crippen molar-refractivity contribution in [3.63, 3.8) is 0 Å². The topological polar surface area (TPSA) is 59.6 Å². The van der Waals surface area contributed by atoms with Crippen LogP contribution in [-0.2, 0) is 14.3 Å². The summed E-state index contributed by atoms with van der Waals surface area (Å²) in [6.07, 6.45) is 0.487. The summed E-state index contributed by atoms with van der Waals surface area (Å²) in [4.78, 5) is 11.1. The average Bonchev–Trinajstić information content (AvgIpc) is 2.33. The van der Waals surface area contributed by atoms with Crippen molar-refractivity contribution in [3.05, 3.63) is 0 Å². The van der Waals surface area contributed by atoms with Crippen molar-refractivity contribution in [1.82, 2.24) is 10.0 Å². The second kappa shape index (κ2) is 8.79. The van der Waals surface area contributed by atoms with E-state index in [1.807, 2.05) is 13.8 Å². The van der Waals surface area contributed by atoms with E-state index >= 15 is 0 Å². The van der Waals surface area contributed by atoms with Gasteiger partial charge in [-0.15, -0.1) is 0 Å². The zero-order valence-electron chi connectivity index (χ0n) is 12.7. The van der Waals surface area contributed by atoms with E-state index in [4.69, 9.17) is 9.47 Å². The maximum atomic E-state index is 11.1. The van der Waals surface area contributed by atoms with Crippen LogP contribution in [0, 0.1) is 5.41 Å². The molecule has 0 aliphatic carbocycles. The number of carbonyl (C=O) groups excluding carboxylic acids is 1. The molecule has 0 saturated carbocycles. The molecule has 0 aromatic rings. The first-order chi connectivity index (χ1) is 8.77. The van der Waals surface area contributed by atoms with Gasteiger partial charge in [-0.2, -0.15) is 0 Å². The first kappa shape index (κ1) is 18.7. The fourth-order valence-electron chi connectivity index (χ4n) is 1.33. The zero-order valence-corrected chi connectivity index (χ0v) is 13.6. The Morgan fingerprint density at radius 1 is 1.11 bits per heavy atom. The van der Waals surface area contributed by atoms with E-state index in [1.54, 1.807) is 0 Å². The fraction of sp³-hybridized carbons (Fsp3) is 0.923. The molecule has 6 heteroatoms. The van der Waals surface area contributed by atoms with Crippen LogP contribution in [0.1, 0.15) is 41.0 Å². The summed E-state index contributed by atoms with van der Waals surface area (Å²) in [6.45, 7) is 12.0. The van der Waals surface area contributed by atoms with E-state index in [0.717, 1.165) is 0 Å². The van der Waals surface area contributed by atoms with Crippen molar-refractivity contribution >= 4 is 18.7 Å². The monoisotopic (exact) mass is 292 g/mol. The predicted molar refractivity (Wildman–Crippen MR) is 80.1 cm³/mol. The van der Waals surface area contributed by atoms with Crippen molar-refractivity contribution in [3.8, 4) is 0 Å². The molecule has 1 atom stereocenters. The smallest absolute Gasteiger partial charge is 0.219 e. The van der Waals surface area contributed by atoms with E-state index in [1.165, 1.54) is 0 Å². The van der Waals surface area contributed by atoms with Gasteiger partial charge in [0.2, 0.25) is 5.91 Å². The van der Waals surface area contributed by atoms with Crippen molar-refractivity contribution < 1.29 is 14.3 Å². The lowest BCUT2D eigenvalue weighted by Gasteiger charge is -2.41. The number of carbonyl (C=O) groups is 1. The van der Waals surface area contributed by atoms with E-state index < -0.39 is 5.79 Å². The number of thiol groups is 1. The Morgan fingerprint density at radius 3 is 2.05 bits per heavy atom.